The van der Waals surface area contributed by atoms with Gasteiger partial charge in [-0.25, -0.2) is 0 Å². The Labute approximate surface area is 88.8 Å². The normalized spacial score (nSPS) is 9.93. The summed E-state index contributed by atoms with van der Waals surface area (Å²) >= 11 is 5.86. The number of rotatable bonds is 4. The minimum Gasteiger partial charge on any atom is -0.493 e. The molecule has 0 bridgehead atoms. The molecule has 1 aromatic carbocycles. The SMILES string of the molecule is CC(=O)CCOc1ccc(Cl)c(C)c1. The zero-order valence-corrected chi connectivity index (χ0v) is 9.10. The van der Waals surface area contributed by atoms with E-state index < -0.39 is 0 Å². The van der Waals surface area contributed by atoms with E-state index in [9.17, 15) is 4.79 Å². The van der Waals surface area contributed by atoms with Crippen LogP contribution in [0.25, 0.3) is 0 Å². The summed E-state index contributed by atoms with van der Waals surface area (Å²) in [6.07, 6.45) is 0.446. The molecule has 76 valence electrons. The standard InChI is InChI=1S/C11H13ClO2/c1-8-7-10(3-4-11(8)12)14-6-5-9(2)13/h3-4,7H,5-6H2,1-2H3. The van der Waals surface area contributed by atoms with Gasteiger partial charge in [0, 0.05) is 11.4 Å². The Kier molecular flexibility index (Phi) is 3.96. The Balaban J connectivity index is 2.51. The minimum absolute atomic E-state index is 0.135. The molecule has 0 saturated heterocycles. The first-order valence-electron chi connectivity index (χ1n) is 4.48. The van der Waals surface area contributed by atoms with Crippen molar-refractivity contribution in [3.8, 4) is 5.75 Å². The van der Waals surface area contributed by atoms with Gasteiger partial charge in [-0.3, -0.25) is 4.79 Å². The molecule has 0 aliphatic heterocycles. The number of ketones is 1. The highest BCUT2D eigenvalue weighted by Gasteiger charge is 1.99. The van der Waals surface area contributed by atoms with Crippen LogP contribution in [0.15, 0.2) is 18.2 Å². The van der Waals surface area contributed by atoms with Crippen LogP contribution >= 0.6 is 11.6 Å². The molecule has 1 rings (SSSR count). The smallest absolute Gasteiger partial charge is 0.133 e. The molecule has 3 heteroatoms. The van der Waals surface area contributed by atoms with Crippen LogP contribution in [-0.2, 0) is 4.79 Å². The molecule has 0 amide bonds. The van der Waals surface area contributed by atoms with Gasteiger partial charge in [-0.2, -0.15) is 0 Å². The summed E-state index contributed by atoms with van der Waals surface area (Å²) in [6, 6.07) is 5.46. The van der Waals surface area contributed by atoms with Gasteiger partial charge in [-0.05, 0) is 37.6 Å². The number of ether oxygens (including phenoxy) is 1. The molecule has 0 aromatic heterocycles. The summed E-state index contributed by atoms with van der Waals surface area (Å²) in [5.41, 5.74) is 0.979. The van der Waals surface area contributed by atoms with E-state index in [-0.39, 0.29) is 5.78 Å². The fourth-order valence-electron chi connectivity index (χ4n) is 1.02. The summed E-state index contributed by atoms with van der Waals surface area (Å²) in [6.45, 7) is 3.90. The van der Waals surface area contributed by atoms with Crippen molar-refractivity contribution in [2.24, 2.45) is 0 Å². The van der Waals surface area contributed by atoms with Gasteiger partial charge in [0.15, 0.2) is 0 Å². The fraction of sp³-hybridized carbons (Fsp3) is 0.364. The van der Waals surface area contributed by atoms with Crippen LogP contribution in [0.4, 0.5) is 0 Å². The molecule has 0 heterocycles. The van der Waals surface area contributed by atoms with E-state index in [1.807, 2.05) is 13.0 Å². The number of halogens is 1. The van der Waals surface area contributed by atoms with Crippen molar-refractivity contribution in [3.63, 3.8) is 0 Å². The second-order valence-corrected chi connectivity index (χ2v) is 3.62. The number of carbonyl (C=O) groups is 1. The first-order valence-corrected chi connectivity index (χ1v) is 4.86. The first-order chi connectivity index (χ1) is 6.59. The Hall–Kier alpha value is -1.02. The molecular weight excluding hydrogens is 200 g/mol. The monoisotopic (exact) mass is 212 g/mol. The highest BCUT2D eigenvalue weighted by atomic mass is 35.5. The number of Topliss-reactive ketones (excluding diaryl/α,β-unsaturated/α-hetero) is 1. The van der Waals surface area contributed by atoms with Crippen LogP contribution in [0.2, 0.25) is 5.02 Å². The molecule has 0 fully saturated rings. The molecule has 1 aromatic rings. The summed E-state index contributed by atoms with van der Waals surface area (Å²) in [7, 11) is 0. The molecule has 2 nitrogen and oxygen atoms in total. The maximum Gasteiger partial charge on any atom is 0.133 e. The third-order valence-electron chi connectivity index (χ3n) is 1.85. The van der Waals surface area contributed by atoms with Gasteiger partial charge < -0.3 is 4.74 Å². The van der Waals surface area contributed by atoms with E-state index >= 15 is 0 Å². The van der Waals surface area contributed by atoms with Gasteiger partial charge in [0.2, 0.25) is 0 Å². The number of aryl methyl sites for hydroxylation is 1. The quantitative estimate of drug-likeness (QED) is 0.767. The van der Waals surface area contributed by atoms with Crippen molar-refractivity contribution in [1.82, 2.24) is 0 Å². The lowest BCUT2D eigenvalue weighted by Gasteiger charge is -2.06. The highest BCUT2D eigenvalue weighted by molar-refractivity contribution is 6.31. The second kappa shape index (κ2) is 5.01. The minimum atomic E-state index is 0.135. The van der Waals surface area contributed by atoms with Crippen molar-refractivity contribution in [2.45, 2.75) is 20.3 Å². The van der Waals surface area contributed by atoms with Crippen LogP contribution < -0.4 is 4.74 Å². The highest BCUT2D eigenvalue weighted by Crippen LogP contribution is 2.20. The zero-order valence-electron chi connectivity index (χ0n) is 8.34. The Morgan fingerprint density at radius 1 is 1.50 bits per heavy atom. The van der Waals surface area contributed by atoms with E-state index in [1.54, 1.807) is 19.1 Å². The lowest BCUT2D eigenvalue weighted by molar-refractivity contribution is -0.117. The largest absolute Gasteiger partial charge is 0.493 e. The van der Waals surface area contributed by atoms with Gasteiger partial charge in [0.25, 0.3) is 0 Å². The van der Waals surface area contributed by atoms with Gasteiger partial charge in [-0.15, -0.1) is 0 Å². The van der Waals surface area contributed by atoms with Gasteiger partial charge in [0.05, 0.1) is 6.61 Å². The van der Waals surface area contributed by atoms with Crippen LogP contribution in [-0.4, -0.2) is 12.4 Å². The van der Waals surface area contributed by atoms with Crippen LogP contribution in [0, 0.1) is 6.92 Å². The molecule has 0 unspecified atom stereocenters. The van der Waals surface area contributed by atoms with Crippen molar-refractivity contribution in [3.05, 3.63) is 28.8 Å². The molecular formula is C11H13ClO2. The predicted molar refractivity (Wildman–Crippen MR) is 57.0 cm³/mol. The Morgan fingerprint density at radius 3 is 2.79 bits per heavy atom. The van der Waals surface area contributed by atoms with E-state index in [4.69, 9.17) is 16.3 Å². The molecule has 0 radical (unpaired) electrons. The number of hydrogen-bond acceptors (Lipinski definition) is 2. The van der Waals surface area contributed by atoms with Gasteiger partial charge in [0.1, 0.15) is 11.5 Å². The summed E-state index contributed by atoms with van der Waals surface area (Å²) in [4.78, 5) is 10.7. The van der Waals surface area contributed by atoms with Gasteiger partial charge in [-0.1, -0.05) is 11.6 Å². The molecule has 0 saturated carbocycles. The maximum atomic E-state index is 10.7. The van der Waals surface area contributed by atoms with Crippen molar-refractivity contribution >= 4 is 17.4 Å². The van der Waals surface area contributed by atoms with Crippen LogP contribution in [0.1, 0.15) is 18.9 Å². The Morgan fingerprint density at radius 2 is 2.21 bits per heavy atom. The van der Waals surface area contributed by atoms with Crippen LogP contribution in [0.3, 0.4) is 0 Å². The fourth-order valence-corrected chi connectivity index (χ4v) is 1.14. The van der Waals surface area contributed by atoms with E-state index in [0.717, 1.165) is 16.3 Å². The maximum absolute atomic E-state index is 10.7. The average molecular weight is 213 g/mol. The van der Waals surface area contributed by atoms with E-state index in [0.29, 0.717) is 13.0 Å². The molecule has 14 heavy (non-hydrogen) atoms. The molecule has 0 N–H and O–H groups in total. The number of carbonyl (C=O) groups excluding carboxylic acids is 1. The summed E-state index contributed by atoms with van der Waals surface area (Å²) < 4.78 is 5.37. The van der Waals surface area contributed by atoms with E-state index in [1.165, 1.54) is 0 Å². The lowest BCUT2D eigenvalue weighted by Crippen LogP contribution is -2.02. The average Bonchev–Trinajstić information content (AvgIpc) is 2.10. The van der Waals surface area contributed by atoms with Gasteiger partial charge >= 0.3 is 0 Å². The van der Waals surface area contributed by atoms with Crippen molar-refractivity contribution in [2.75, 3.05) is 6.61 Å². The number of hydrogen-bond donors (Lipinski definition) is 0. The van der Waals surface area contributed by atoms with Crippen LogP contribution in [0.5, 0.6) is 5.75 Å². The topological polar surface area (TPSA) is 26.3 Å². The molecule has 0 aliphatic rings. The zero-order chi connectivity index (χ0) is 10.6. The molecule has 0 aliphatic carbocycles. The first kappa shape index (κ1) is 11.1. The molecule has 0 spiro atoms. The van der Waals surface area contributed by atoms with Crippen molar-refractivity contribution in [1.29, 1.82) is 0 Å². The predicted octanol–water partition coefficient (Wildman–Crippen LogP) is 3.01. The molecule has 0 atom stereocenters. The summed E-state index contributed by atoms with van der Waals surface area (Å²) in [5, 5.41) is 0.726. The second-order valence-electron chi connectivity index (χ2n) is 3.21. The number of benzene rings is 1. The third-order valence-corrected chi connectivity index (χ3v) is 2.28. The third kappa shape index (κ3) is 3.38. The summed E-state index contributed by atoms with van der Waals surface area (Å²) in [5.74, 6) is 0.892. The van der Waals surface area contributed by atoms with Crippen molar-refractivity contribution < 1.29 is 9.53 Å². The lowest BCUT2D eigenvalue weighted by atomic mass is 10.2. The van der Waals surface area contributed by atoms with E-state index in [2.05, 4.69) is 0 Å². The Bertz CT molecular complexity index is 334.